The first-order chi connectivity index (χ1) is 9.33. The number of alkyl halides is 3. The van der Waals surface area contributed by atoms with E-state index >= 15 is 0 Å². The number of nitrogens with zero attached hydrogens (tertiary/aromatic N) is 3. The molecule has 2 rings (SSSR count). The van der Waals surface area contributed by atoms with Crippen molar-refractivity contribution in [2.24, 2.45) is 7.05 Å². The fraction of sp³-hybridized carbons (Fsp3) is 0.333. The van der Waals surface area contributed by atoms with Crippen LogP contribution >= 0.6 is 0 Å². The molecule has 0 aliphatic heterocycles. The lowest BCUT2D eigenvalue weighted by atomic mass is 10.1. The summed E-state index contributed by atoms with van der Waals surface area (Å²) in [4.78, 5) is 0. The molecule has 0 aliphatic carbocycles. The van der Waals surface area contributed by atoms with Crippen LogP contribution < -0.4 is 4.74 Å². The van der Waals surface area contributed by atoms with Crippen molar-refractivity contribution in [3.63, 3.8) is 0 Å². The van der Waals surface area contributed by atoms with Gasteiger partial charge in [-0.3, -0.25) is 4.68 Å². The molecule has 1 aromatic carbocycles. The van der Waals surface area contributed by atoms with Gasteiger partial charge < -0.3 is 9.84 Å². The Kier molecular flexibility index (Phi) is 3.93. The highest BCUT2D eigenvalue weighted by Gasteiger charge is 2.31. The molecule has 1 aromatic heterocycles. The summed E-state index contributed by atoms with van der Waals surface area (Å²) >= 11 is 0. The van der Waals surface area contributed by atoms with Gasteiger partial charge in [0.1, 0.15) is 5.75 Å². The third-order valence-corrected chi connectivity index (χ3v) is 2.55. The number of aromatic nitrogens is 3. The van der Waals surface area contributed by atoms with Gasteiger partial charge in [0, 0.05) is 19.7 Å². The summed E-state index contributed by atoms with van der Waals surface area (Å²) in [7, 11) is 1.70. The quantitative estimate of drug-likeness (QED) is 0.934. The monoisotopic (exact) mass is 287 g/mol. The average molecular weight is 287 g/mol. The molecule has 0 radical (unpaired) electrons. The van der Waals surface area contributed by atoms with Gasteiger partial charge in [0.05, 0.1) is 11.8 Å². The second-order valence-corrected chi connectivity index (χ2v) is 4.22. The molecule has 1 heterocycles. The third kappa shape index (κ3) is 3.95. The van der Waals surface area contributed by atoms with E-state index in [9.17, 15) is 18.3 Å². The SMILES string of the molecule is Cn1cc(CC(O)c2ccc(OC(F)(F)F)cc2)nn1. The van der Waals surface area contributed by atoms with E-state index in [-0.39, 0.29) is 12.2 Å². The van der Waals surface area contributed by atoms with E-state index in [4.69, 9.17) is 0 Å². The van der Waals surface area contributed by atoms with Crippen LogP contribution in [-0.2, 0) is 13.5 Å². The zero-order chi connectivity index (χ0) is 14.8. The minimum Gasteiger partial charge on any atom is -0.406 e. The number of benzene rings is 1. The minimum atomic E-state index is -4.72. The predicted molar refractivity (Wildman–Crippen MR) is 62.8 cm³/mol. The van der Waals surface area contributed by atoms with Gasteiger partial charge in [-0.25, -0.2) is 0 Å². The molecule has 5 nitrogen and oxygen atoms in total. The molecule has 0 amide bonds. The first-order valence-corrected chi connectivity index (χ1v) is 5.72. The van der Waals surface area contributed by atoms with Crippen molar-refractivity contribution >= 4 is 0 Å². The summed E-state index contributed by atoms with van der Waals surface area (Å²) in [6, 6.07) is 5.07. The summed E-state index contributed by atoms with van der Waals surface area (Å²) in [5.74, 6) is -0.326. The molecule has 0 saturated heterocycles. The fourth-order valence-corrected chi connectivity index (χ4v) is 1.70. The van der Waals surface area contributed by atoms with Crippen LogP contribution in [0, 0.1) is 0 Å². The van der Waals surface area contributed by atoms with Crippen LogP contribution in [0.5, 0.6) is 5.75 Å². The van der Waals surface area contributed by atoms with E-state index in [0.717, 1.165) is 12.1 Å². The molecule has 1 unspecified atom stereocenters. The van der Waals surface area contributed by atoms with Gasteiger partial charge in [-0.05, 0) is 17.7 Å². The van der Waals surface area contributed by atoms with E-state index in [0.29, 0.717) is 11.3 Å². The number of aliphatic hydroxyl groups excluding tert-OH is 1. The summed E-state index contributed by atoms with van der Waals surface area (Å²) in [6.45, 7) is 0. The Hall–Kier alpha value is -2.09. The van der Waals surface area contributed by atoms with Crippen LogP contribution in [0.25, 0.3) is 0 Å². The van der Waals surface area contributed by atoms with Crippen molar-refractivity contribution in [1.82, 2.24) is 15.0 Å². The van der Waals surface area contributed by atoms with Crippen molar-refractivity contribution in [2.75, 3.05) is 0 Å². The molecule has 20 heavy (non-hydrogen) atoms. The smallest absolute Gasteiger partial charge is 0.406 e. The number of aliphatic hydroxyl groups is 1. The zero-order valence-corrected chi connectivity index (χ0v) is 10.5. The number of hydrogen-bond acceptors (Lipinski definition) is 4. The van der Waals surface area contributed by atoms with Crippen molar-refractivity contribution in [2.45, 2.75) is 18.9 Å². The molecule has 0 aliphatic rings. The van der Waals surface area contributed by atoms with Gasteiger partial charge in [0.2, 0.25) is 0 Å². The second kappa shape index (κ2) is 5.49. The third-order valence-electron chi connectivity index (χ3n) is 2.55. The van der Waals surface area contributed by atoms with E-state index in [1.165, 1.54) is 16.8 Å². The summed E-state index contributed by atoms with van der Waals surface area (Å²) in [6.07, 6.45) is -3.70. The first kappa shape index (κ1) is 14.3. The van der Waals surface area contributed by atoms with E-state index < -0.39 is 12.5 Å². The van der Waals surface area contributed by atoms with Gasteiger partial charge in [0.25, 0.3) is 0 Å². The molecule has 8 heteroatoms. The topological polar surface area (TPSA) is 60.2 Å². The number of rotatable bonds is 4. The number of ether oxygens (including phenoxy) is 1. The Morgan fingerprint density at radius 3 is 2.45 bits per heavy atom. The second-order valence-electron chi connectivity index (χ2n) is 4.22. The molecular formula is C12H12F3N3O2. The highest BCUT2D eigenvalue weighted by atomic mass is 19.4. The maximum Gasteiger partial charge on any atom is 0.573 e. The number of halogens is 3. The normalized spacial score (nSPS) is 13.2. The maximum absolute atomic E-state index is 12.0. The van der Waals surface area contributed by atoms with Crippen LogP contribution in [0.1, 0.15) is 17.4 Å². The molecule has 0 saturated carbocycles. The van der Waals surface area contributed by atoms with E-state index in [2.05, 4.69) is 15.0 Å². The lowest BCUT2D eigenvalue weighted by Crippen LogP contribution is -2.17. The van der Waals surface area contributed by atoms with Crippen LogP contribution in [0.3, 0.4) is 0 Å². The van der Waals surface area contributed by atoms with E-state index in [1.807, 2.05) is 0 Å². The maximum atomic E-state index is 12.0. The lowest BCUT2D eigenvalue weighted by Gasteiger charge is -2.12. The molecule has 2 aromatic rings. The molecule has 108 valence electrons. The molecule has 0 bridgehead atoms. The lowest BCUT2D eigenvalue weighted by molar-refractivity contribution is -0.274. The molecule has 1 atom stereocenters. The number of aryl methyl sites for hydroxylation is 1. The predicted octanol–water partition coefficient (Wildman–Crippen LogP) is 1.99. The van der Waals surface area contributed by atoms with Gasteiger partial charge in [-0.15, -0.1) is 18.3 Å². The Bertz CT molecular complexity index is 566. The Balaban J connectivity index is 2.02. The van der Waals surface area contributed by atoms with Gasteiger partial charge in [-0.2, -0.15) is 0 Å². The summed E-state index contributed by atoms with van der Waals surface area (Å²) in [5.41, 5.74) is 1.07. The van der Waals surface area contributed by atoms with Crippen molar-refractivity contribution in [3.8, 4) is 5.75 Å². The van der Waals surface area contributed by atoms with Crippen molar-refractivity contribution in [1.29, 1.82) is 0 Å². The molecule has 0 spiro atoms. The largest absolute Gasteiger partial charge is 0.573 e. The average Bonchev–Trinajstić information content (AvgIpc) is 2.73. The Morgan fingerprint density at radius 1 is 1.30 bits per heavy atom. The van der Waals surface area contributed by atoms with Gasteiger partial charge in [0.15, 0.2) is 0 Å². The summed E-state index contributed by atoms with van der Waals surface area (Å²) in [5, 5.41) is 17.5. The van der Waals surface area contributed by atoms with Gasteiger partial charge in [-0.1, -0.05) is 17.3 Å². The standard InChI is InChI=1S/C12H12F3N3O2/c1-18-7-9(16-17-18)6-11(19)8-2-4-10(5-3-8)20-12(13,14)15/h2-5,7,11,19H,6H2,1H3. The first-order valence-electron chi connectivity index (χ1n) is 5.72. The highest BCUT2D eigenvalue weighted by Crippen LogP contribution is 2.25. The molecule has 0 fully saturated rings. The van der Waals surface area contributed by atoms with Crippen LogP contribution in [0.4, 0.5) is 13.2 Å². The van der Waals surface area contributed by atoms with Crippen molar-refractivity contribution < 1.29 is 23.0 Å². The van der Waals surface area contributed by atoms with Crippen LogP contribution in [0.2, 0.25) is 0 Å². The number of hydrogen-bond donors (Lipinski definition) is 1. The zero-order valence-electron chi connectivity index (χ0n) is 10.5. The van der Waals surface area contributed by atoms with Crippen LogP contribution in [-0.4, -0.2) is 26.5 Å². The summed E-state index contributed by atoms with van der Waals surface area (Å²) < 4.78 is 41.3. The molecule has 1 N–H and O–H groups in total. The van der Waals surface area contributed by atoms with Crippen LogP contribution in [0.15, 0.2) is 30.5 Å². The molecular weight excluding hydrogens is 275 g/mol. The highest BCUT2D eigenvalue weighted by molar-refractivity contribution is 5.29. The Morgan fingerprint density at radius 2 is 1.95 bits per heavy atom. The minimum absolute atomic E-state index is 0.229. The van der Waals surface area contributed by atoms with Crippen molar-refractivity contribution in [3.05, 3.63) is 41.7 Å². The van der Waals surface area contributed by atoms with Gasteiger partial charge >= 0.3 is 6.36 Å². The van der Waals surface area contributed by atoms with E-state index in [1.54, 1.807) is 13.2 Å². The Labute approximate surface area is 112 Å². The fourth-order valence-electron chi connectivity index (χ4n) is 1.70.